The molecule has 1 saturated heterocycles. The zero-order chi connectivity index (χ0) is 15.2. The number of carbonyl (C=O) groups is 1. The third-order valence-electron chi connectivity index (χ3n) is 3.93. The van der Waals surface area contributed by atoms with Crippen LogP contribution in [0.3, 0.4) is 0 Å². The van der Waals surface area contributed by atoms with Crippen molar-refractivity contribution in [1.82, 2.24) is 4.90 Å². The van der Waals surface area contributed by atoms with Gasteiger partial charge in [-0.25, -0.2) is 0 Å². The maximum atomic E-state index is 12.3. The number of halogens is 1. The summed E-state index contributed by atoms with van der Waals surface area (Å²) in [7, 11) is 0. The maximum absolute atomic E-state index is 12.3. The smallest absolute Gasteiger partial charge is 0.246 e. The molecule has 21 heavy (non-hydrogen) atoms. The Morgan fingerprint density at radius 3 is 3.05 bits per heavy atom. The molecular formula is C17H22BrNO2. The number of nitrogens with zero attached hydrogens (tertiary/aromatic N) is 1. The molecule has 1 atom stereocenters. The standard InChI is InChI=1S/C17H22BrNO2/c1-13-4-5-15(16(18)11-13)6-7-17(21)19-9-2-3-14(12-19)8-10-20/h4-7,11,14,20H,2-3,8-10,12H2,1H3. The molecule has 1 aromatic rings. The van der Waals surface area contributed by atoms with E-state index in [2.05, 4.69) is 15.9 Å². The van der Waals surface area contributed by atoms with E-state index in [1.165, 1.54) is 5.56 Å². The van der Waals surface area contributed by atoms with Gasteiger partial charge >= 0.3 is 0 Å². The number of carbonyl (C=O) groups excluding carboxylic acids is 1. The molecule has 2 rings (SSSR count). The zero-order valence-electron chi connectivity index (χ0n) is 12.4. The quantitative estimate of drug-likeness (QED) is 0.844. The average molecular weight is 352 g/mol. The number of hydrogen-bond acceptors (Lipinski definition) is 2. The van der Waals surface area contributed by atoms with Crippen LogP contribution in [0, 0.1) is 12.8 Å². The Morgan fingerprint density at radius 1 is 1.52 bits per heavy atom. The number of aliphatic hydroxyl groups excluding tert-OH is 1. The van der Waals surface area contributed by atoms with Crippen molar-refractivity contribution in [2.75, 3.05) is 19.7 Å². The normalized spacial score (nSPS) is 19.2. The third kappa shape index (κ3) is 4.68. The number of piperidine rings is 1. The van der Waals surface area contributed by atoms with Crippen LogP contribution in [-0.2, 0) is 4.79 Å². The van der Waals surface area contributed by atoms with Gasteiger partial charge in [0.05, 0.1) is 0 Å². The van der Waals surface area contributed by atoms with Crippen molar-refractivity contribution in [1.29, 1.82) is 0 Å². The molecule has 1 aromatic carbocycles. The lowest BCUT2D eigenvalue weighted by atomic mass is 9.95. The highest BCUT2D eigenvalue weighted by Gasteiger charge is 2.21. The summed E-state index contributed by atoms with van der Waals surface area (Å²) in [5, 5.41) is 9.03. The molecule has 3 nitrogen and oxygen atoms in total. The van der Waals surface area contributed by atoms with Crippen molar-refractivity contribution < 1.29 is 9.90 Å². The second-order valence-electron chi connectivity index (χ2n) is 5.66. The SMILES string of the molecule is Cc1ccc(C=CC(=O)N2CCCC(CCO)C2)c(Br)c1. The first-order chi connectivity index (χ1) is 10.1. The van der Waals surface area contributed by atoms with E-state index in [0.29, 0.717) is 5.92 Å². The Bertz CT molecular complexity index is 526. The number of likely N-dealkylation sites (tertiary alicyclic amines) is 1. The van der Waals surface area contributed by atoms with Crippen molar-refractivity contribution >= 4 is 27.9 Å². The molecule has 0 aliphatic carbocycles. The highest BCUT2D eigenvalue weighted by atomic mass is 79.9. The molecule has 1 fully saturated rings. The van der Waals surface area contributed by atoms with Crippen LogP contribution in [0.15, 0.2) is 28.7 Å². The number of benzene rings is 1. The molecule has 114 valence electrons. The monoisotopic (exact) mass is 351 g/mol. The van der Waals surface area contributed by atoms with Crippen LogP contribution in [0.2, 0.25) is 0 Å². The molecule has 1 amide bonds. The van der Waals surface area contributed by atoms with Gasteiger partial charge in [-0.3, -0.25) is 4.79 Å². The molecule has 1 heterocycles. The molecule has 0 spiro atoms. The van der Waals surface area contributed by atoms with Gasteiger partial charge in [0.2, 0.25) is 5.91 Å². The number of amides is 1. The summed E-state index contributed by atoms with van der Waals surface area (Å²) >= 11 is 3.52. The van der Waals surface area contributed by atoms with Gasteiger partial charge in [-0.2, -0.15) is 0 Å². The van der Waals surface area contributed by atoms with Crippen LogP contribution >= 0.6 is 15.9 Å². The van der Waals surface area contributed by atoms with E-state index in [-0.39, 0.29) is 12.5 Å². The topological polar surface area (TPSA) is 40.5 Å². The maximum Gasteiger partial charge on any atom is 0.246 e. The van der Waals surface area contributed by atoms with E-state index >= 15 is 0 Å². The van der Waals surface area contributed by atoms with Crippen LogP contribution in [0.25, 0.3) is 6.08 Å². The molecule has 0 aromatic heterocycles. The van der Waals surface area contributed by atoms with Gasteiger partial charge in [-0.05, 0) is 55.4 Å². The van der Waals surface area contributed by atoms with Crippen molar-refractivity contribution in [2.24, 2.45) is 5.92 Å². The van der Waals surface area contributed by atoms with Crippen LogP contribution < -0.4 is 0 Å². The molecule has 1 unspecified atom stereocenters. The Labute approximate surface area is 134 Å². The molecule has 0 saturated carbocycles. The van der Waals surface area contributed by atoms with Crippen molar-refractivity contribution in [2.45, 2.75) is 26.2 Å². The van der Waals surface area contributed by atoms with E-state index in [9.17, 15) is 4.79 Å². The van der Waals surface area contributed by atoms with E-state index in [1.54, 1.807) is 6.08 Å². The van der Waals surface area contributed by atoms with Gasteiger partial charge in [0.25, 0.3) is 0 Å². The summed E-state index contributed by atoms with van der Waals surface area (Å²) in [5.74, 6) is 0.498. The first-order valence-electron chi connectivity index (χ1n) is 7.44. The van der Waals surface area contributed by atoms with E-state index in [0.717, 1.165) is 42.4 Å². The summed E-state index contributed by atoms with van der Waals surface area (Å²) in [6, 6.07) is 6.09. The Morgan fingerprint density at radius 2 is 2.33 bits per heavy atom. The second-order valence-corrected chi connectivity index (χ2v) is 6.52. The number of rotatable bonds is 4. The molecule has 0 radical (unpaired) electrons. The molecule has 1 aliphatic heterocycles. The Hall–Kier alpha value is -1.13. The fraction of sp³-hybridized carbons (Fsp3) is 0.471. The van der Waals surface area contributed by atoms with E-state index < -0.39 is 0 Å². The number of hydrogen-bond donors (Lipinski definition) is 1. The molecule has 1 N–H and O–H groups in total. The first kappa shape index (κ1) is 16.2. The van der Waals surface area contributed by atoms with Gasteiger partial charge in [0, 0.05) is 30.2 Å². The number of aryl methyl sites for hydroxylation is 1. The minimum absolute atomic E-state index is 0.0603. The van der Waals surface area contributed by atoms with Crippen LogP contribution in [-0.4, -0.2) is 35.6 Å². The zero-order valence-corrected chi connectivity index (χ0v) is 14.0. The van der Waals surface area contributed by atoms with E-state index in [1.807, 2.05) is 36.1 Å². The van der Waals surface area contributed by atoms with E-state index in [4.69, 9.17) is 5.11 Å². The van der Waals surface area contributed by atoms with Crippen molar-refractivity contribution in [3.63, 3.8) is 0 Å². The summed E-state index contributed by atoms with van der Waals surface area (Å²) in [5.41, 5.74) is 2.20. The highest BCUT2D eigenvalue weighted by molar-refractivity contribution is 9.10. The minimum atomic E-state index is 0.0603. The molecular weight excluding hydrogens is 330 g/mol. The molecule has 4 heteroatoms. The summed E-state index contributed by atoms with van der Waals surface area (Å²) < 4.78 is 1.00. The minimum Gasteiger partial charge on any atom is -0.396 e. The van der Waals surface area contributed by atoms with Crippen LogP contribution in [0.5, 0.6) is 0 Å². The lowest BCUT2D eigenvalue weighted by molar-refractivity contribution is -0.127. The average Bonchev–Trinajstić information content (AvgIpc) is 2.47. The van der Waals surface area contributed by atoms with Crippen molar-refractivity contribution in [3.8, 4) is 0 Å². The summed E-state index contributed by atoms with van der Waals surface area (Å²) in [6.45, 7) is 3.83. The number of aliphatic hydroxyl groups is 1. The Balaban J connectivity index is 1.98. The molecule has 1 aliphatic rings. The lowest BCUT2D eigenvalue weighted by Crippen LogP contribution is -2.39. The van der Waals surface area contributed by atoms with Gasteiger partial charge in [-0.15, -0.1) is 0 Å². The van der Waals surface area contributed by atoms with Crippen LogP contribution in [0.4, 0.5) is 0 Å². The first-order valence-corrected chi connectivity index (χ1v) is 8.23. The Kier molecular flexibility index (Phi) is 6.00. The van der Waals surface area contributed by atoms with Gasteiger partial charge in [0.1, 0.15) is 0 Å². The fourth-order valence-corrected chi connectivity index (χ4v) is 3.34. The van der Waals surface area contributed by atoms with Gasteiger partial charge in [-0.1, -0.05) is 28.1 Å². The molecule has 0 bridgehead atoms. The van der Waals surface area contributed by atoms with Crippen molar-refractivity contribution in [3.05, 3.63) is 39.9 Å². The predicted octanol–water partition coefficient (Wildman–Crippen LogP) is 3.39. The fourth-order valence-electron chi connectivity index (χ4n) is 2.72. The van der Waals surface area contributed by atoms with Crippen LogP contribution in [0.1, 0.15) is 30.4 Å². The highest BCUT2D eigenvalue weighted by Crippen LogP contribution is 2.21. The van der Waals surface area contributed by atoms with Gasteiger partial charge in [0.15, 0.2) is 0 Å². The van der Waals surface area contributed by atoms with Gasteiger partial charge < -0.3 is 10.0 Å². The summed E-state index contributed by atoms with van der Waals surface area (Å²) in [4.78, 5) is 14.2. The second kappa shape index (κ2) is 7.76. The third-order valence-corrected chi connectivity index (χ3v) is 4.62. The lowest BCUT2D eigenvalue weighted by Gasteiger charge is -2.31. The largest absolute Gasteiger partial charge is 0.396 e. The summed E-state index contributed by atoms with van der Waals surface area (Å²) in [6.07, 6.45) is 6.44. The predicted molar refractivity (Wildman–Crippen MR) is 88.9 cm³/mol.